The van der Waals surface area contributed by atoms with E-state index in [1.807, 2.05) is 0 Å². The molecule has 6 atom stereocenters. The minimum absolute atomic E-state index is 0.0376. The fraction of sp³-hybridized carbons (Fsp3) is 0.917. The van der Waals surface area contributed by atoms with E-state index in [1.165, 1.54) is 96.3 Å². The van der Waals surface area contributed by atoms with Crippen molar-refractivity contribution in [3.8, 4) is 0 Å². The largest absolute Gasteiger partial charge is 0.462 e. The Kier molecular flexibility index (Phi) is 34.9. The Labute approximate surface area is 510 Å². The first kappa shape index (κ1) is 69.9. The molecule has 6 unspecified atom stereocenters. The number of esters is 6. The van der Waals surface area contributed by atoms with Gasteiger partial charge in [-0.3, -0.25) is 28.8 Å². The van der Waals surface area contributed by atoms with Crippen LogP contribution in [0, 0.1) is 11.3 Å². The van der Waals surface area contributed by atoms with Gasteiger partial charge in [0.2, 0.25) is 0 Å². The maximum atomic E-state index is 16.4. The lowest BCUT2D eigenvalue weighted by molar-refractivity contribution is -0.182. The second kappa shape index (κ2) is 41.9. The zero-order valence-corrected chi connectivity index (χ0v) is 53.4. The average molecular weight is 1180 g/mol. The number of carbonyl (C=O) groups excluding carboxylic acids is 6. The molecule has 0 radical (unpaired) electrons. The third kappa shape index (κ3) is 28.3. The molecule has 84 heavy (non-hydrogen) atoms. The number of hydrogen-bond acceptors (Lipinski definition) is 12. The van der Waals surface area contributed by atoms with Crippen molar-refractivity contribution >= 4 is 35.8 Å². The highest BCUT2D eigenvalue weighted by Crippen LogP contribution is 2.48. The number of ether oxygens (including phenoxy) is 6. The summed E-state index contributed by atoms with van der Waals surface area (Å²) >= 11 is 0. The molecule has 6 rings (SSSR count). The molecule has 0 aromatic heterocycles. The van der Waals surface area contributed by atoms with Gasteiger partial charge in [0.15, 0.2) is 0 Å². The van der Waals surface area contributed by atoms with Crippen LogP contribution in [0.1, 0.15) is 372 Å². The van der Waals surface area contributed by atoms with Crippen molar-refractivity contribution < 1.29 is 57.2 Å². The minimum atomic E-state index is -0.516. The summed E-state index contributed by atoms with van der Waals surface area (Å²) in [6, 6.07) is 0. The summed E-state index contributed by atoms with van der Waals surface area (Å²) in [4.78, 5) is 75.0. The molecule has 482 valence electrons. The van der Waals surface area contributed by atoms with Gasteiger partial charge in [-0.15, -0.1) is 0 Å². The Balaban J connectivity index is 1.16. The molecule has 0 N–H and O–H groups in total. The summed E-state index contributed by atoms with van der Waals surface area (Å²) < 4.78 is 35.2. The first-order chi connectivity index (χ1) is 41.1. The smallest absolute Gasteiger partial charge is 0.312 e. The van der Waals surface area contributed by atoms with Gasteiger partial charge < -0.3 is 28.4 Å². The maximum absolute atomic E-state index is 16.4. The predicted molar refractivity (Wildman–Crippen MR) is 332 cm³/mol. The van der Waals surface area contributed by atoms with Gasteiger partial charge >= 0.3 is 35.8 Å². The molecule has 0 aromatic rings. The lowest BCUT2D eigenvalue weighted by atomic mass is 9.64. The molecule has 0 saturated carbocycles. The fourth-order valence-corrected chi connectivity index (χ4v) is 15.5. The third-order valence-electron chi connectivity index (χ3n) is 20.7. The molecule has 0 aliphatic carbocycles. The summed E-state index contributed by atoms with van der Waals surface area (Å²) in [7, 11) is 0. The van der Waals surface area contributed by atoms with E-state index in [-0.39, 0.29) is 66.3 Å². The topological polar surface area (TPSA) is 158 Å². The van der Waals surface area contributed by atoms with Crippen LogP contribution < -0.4 is 0 Å². The second-order valence-corrected chi connectivity index (χ2v) is 27.7. The molecule has 0 amide bonds. The molecule has 6 aliphatic rings. The number of hydrogen-bond donors (Lipinski definition) is 0. The average Bonchev–Trinajstić information content (AvgIpc) is 2.31. The van der Waals surface area contributed by atoms with E-state index < -0.39 is 11.0 Å². The number of cyclic esters (lactones) is 6. The zero-order valence-electron chi connectivity index (χ0n) is 53.4. The molecule has 12 heteroatoms. The Morgan fingerprint density at radius 2 is 0.536 bits per heavy atom. The summed E-state index contributed by atoms with van der Waals surface area (Å²) in [5, 5.41) is 0. The van der Waals surface area contributed by atoms with Crippen LogP contribution in [0.5, 0.6) is 0 Å². The van der Waals surface area contributed by atoms with Gasteiger partial charge in [-0.05, 0) is 166 Å². The van der Waals surface area contributed by atoms with E-state index in [4.69, 9.17) is 28.4 Å². The Hall–Kier alpha value is -3.18. The van der Waals surface area contributed by atoms with E-state index in [9.17, 15) is 24.0 Å². The maximum Gasteiger partial charge on any atom is 0.312 e. The number of rotatable bonds is 45. The van der Waals surface area contributed by atoms with Crippen molar-refractivity contribution in [2.45, 2.75) is 409 Å². The van der Waals surface area contributed by atoms with Crippen molar-refractivity contribution in [3.05, 3.63) is 0 Å². The zero-order chi connectivity index (χ0) is 59.2. The molecular weight excluding hydrogens is 1060 g/mol. The lowest BCUT2D eigenvalue weighted by Gasteiger charge is -2.44. The van der Waals surface area contributed by atoms with Crippen molar-refractivity contribution in [3.63, 3.8) is 0 Å². The molecular formula is C72H122O12. The van der Waals surface area contributed by atoms with E-state index in [2.05, 4.69) is 0 Å². The first-order valence-corrected chi connectivity index (χ1v) is 36.3. The standard InChI is InChI=1S/C72H122O12/c73-65-49-44-60(79-65)39-27-15-2-1-13-25-37-59-38-26-14-3-8-20-32-54-71(55-33-21-9-4-16-28-40-61-45-50-66(74)80-61,56-34-22-10-5-17-29-41-62-46-51-67(75)81-62)84-70(78)72(59,57-35-23-11-6-18-30-42-63-47-52-68(76)82-63)58-36-24-12-7-19-31-43-64-48-53-69(77)83-64/h59-64H,1-58H2. The molecule has 12 nitrogen and oxygen atoms in total. The highest BCUT2D eigenvalue weighted by atomic mass is 16.6. The van der Waals surface area contributed by atoms with Crippen LogP contribution in [0.15, 0.2) is 0 Å². The molecule has 6 fully saturated rings. The van der Waals surface area contributed by atoms with Gasteiger partial charge in [0, 0.05) is 32.1 Å². The minimum Gasteiger partial charge on any atom is -0.462 e. The molecule has 6 heterocycles. The van der Waals surface area contributed by atoms with Crippen molar-refractivity contribution in [2.75, 3.05) is 0 Å². The van der Waals surface area contributed by atoms with E-state index in [1.54, 1.807) is 0 Å². The number of unbranched alkanes of at least 4 members (excludes halogenated alkanes) is 25. The molecule has 6 saturated heterocycles. The van der Waals surface area contributed by atoms with E-state index >= 15 is 4.79 Å². The van der Waals surface area contributed by atoms with Crippen LogP contribution >= 0.6 is 0 Å². The Morgan fingerprint density at radius 1 is 0.274 bits per heavy atom. The van der Waals surface area contributed by atoms with Gasteiger partial charge in [0.05, 0.1) is 5.41 Å². The van der Waals surface area contributed by atoms with Crippen molar-refractivity contribution in [2.24, 2.45) is 11.3 Å². The van der Waals surface area contributed by atoms with Gasteiger partial charge in [-0.2, -0.15) is 0 Å². The van der Waals surface area contributed by atoms with E-state index in [0.29, 0.717) is 38.0 Å². The van der Waals surface area contributed by atoms with Gasteiger partial charge in [0.25, 0.3) is 0 Å². The normalized spacial score (nSPS) is 27.0. The van der Waals surface area contributed by atoms with Crippen LogP contribution in [0.2, 0.25) is 0 Å². The third-order valence-corrected chi connectivity index (χ3v) is 20.7. The molecule has 0 aromatic carbocycles. The van der Waals surface area contributed by atoms with Crippen LogP contribution in [-0.2, 0) is 57.2 Å². The van der Waals surface area contributed by atoms with Crippen molar-refractivity contribution in [1.82, 2.24) is 0 Å². The number of carbonyl (C=O) groups is 6. The SMILES string of the molecule is O=C1CCC(CCCCCCCCC2CCCCCCCCC(CCCCCCCCC3CCC(=O)O3)(CCCCCCCCC3CCC(=O)O3)OC(=O)C2(CCCCCCCCC2CCC(=O)O2)CCCCCCCCC2CCC(=O)O2)O1. The van der Waals surface area contributed by atoms with Gasteiger partial charge in [0.1, 0.15) is 36.1 Å². The molecule has 0 bridgehead atoms. The summed E-state index contributed by atoms with van der Waals surface area (Å²) in [5.74, 6) is 0.240. The predicted octanol–water partition coefficient (Wildman–Crippen LogP) is 19.1. The van der Waals surface area contributed by atoms with Crippen LogP contribution in [0.25, 0.3) is 0 Å². The van der Waals surface area contributed by atoms with E-state index in [0.717, 1.165) is 244 Å². The van der Waals surface area contributed by atoms with Crippen molar-refractivity contribution in [1.29, 1.82) is 0 Å². The first-order valence-electron chi connectivity index (χ1n) is 36.3. The summed E-state index contributed by atoms with van der Waals surface area (Å²) in [5.41, 5.74) is -0.976. The Morgan fingerprint density at radius 3 is 0.845 bits per heavy atom. The van der Waals surface area contributed by atoms with Crippen LogP contribution in [0.4, 0.5) is 0 Å². The summed E-state index contributed by atoms with van der Waals surface area (Å²) in [6.07, 6.45) is 61.0. The fourth-order valence-electron chi connectivity index (χ4n) is 15.5. The van der Waals surface area contributed by atoms with Crippen LogP contribution in [-0.4, -0.2) is 71.9 Å². The monoisotopic (exact) mass is 1180 g/mol. The highest BCUT2D eigenvalue weighted by molar-refractivity contribution is 5.78. The summed E-state index contributed by atoms with van der Waals surface area (Å²) in [6.45, 7) is 0. The lowest BCUT2D eigenvalue weighted by Crippen LogP contribution is -2.46. The Bertz CT molecular complexity index is 1760. The van der Waals surface area contributed by atoms with Gasteiger partial charge in [-0.25, -0.2) is 0 Å². The second-order valence-electron chi connectivity index (χ2n) is 27.7. The highest BCUT2D eigenvalue weighted by Gasteiger charge is 2.48. The quantitative estimate of drug-likeness (QED) is 0.0323. The molecule has 6 aliphatic heterocycles. The molecule has 0 spiro atoms. The van der Waals surface area contributed by atoms with Crippen LogP contribution in [0.3, 0.4) is 0 Å². The van der Waals surface area contributed by atoms with Gasteiger partial charge in [-0.1, -0.05) is 180 Å².